The van der Waals surface area contributed by atoms with Crippen LogP contribution in [0, 0.1) is 3.57 Å². The smallest absolute Gasteiger partial charge is 0.164 e. The van der Waals surface area contributed by atoms with Crippen molar-refractivity contribution in [3.63, 3.8) is 0 Å². The predicted octanol–water partition coefficient (Wildman–Crippen LogP) is 5.74. The van der Waals surface area contributed by atoms with Crippen LogP contribution in [0.5, 0.6) is 0 Å². The average molecular weight is 497 g/mol. The second kappa shape index (κ2) is 6.02. The zero-order valence-electron chi connectivity index (χ0n) is 10.8. The first-order valence-electron chi connectivity index (χ1n) is 6.11. The number of nitrogens with zero attached hydrogens (tertiary/aromatic N) is 3. The molecule has 2 heterocycles. The lowest BCUT2D eigenvalue weighted by Gasteiger charge is -2.12. The number of alkyl halides is 1. The third-order valence-corrected chi connectivity index (χ3v) is 4.60. The molecule has 3 nitrogen and oxygen atoms in total. The van der Waals surface area contributed by atoms with Crippen LogP contribution in [0.25, 0.3) is 16.9 Å². The van der Waals surface area contributed by atoms with E-state index in [1.54, 1.807) is 6.20 Å². The maximum atomic E-state index is 6.40. The number of rotatable bonds is 2. The predicted molar refractivity (Wildman–Crippen MR) is 98.6 cm³/mol. The van der Waals surface area contributed by atoms with E-state index < -0.39 is 0 Å². The Hall–Kier alpha value is -0.370. The summed E-state index contributed by atoms with van der Waals surface area (Å²) in [5.41, 5.74) is 2.35. The van der Waals surface area contributed by atoms with Crippen molar-refractivity contribution >= 4 is 72.9 Å². The number of fused-ring (bicyclic) bond motifs is 1. The highest BCUT2D eigenvalue weighted by atomic mass is 127. The molecule has 0 spiro atoms. The van der Waals surface area contributed by atoms with Gasteiger partial charge in [0.05, 0.1) is 16.1 Å². The second-order valence-corrected chi connectivity index (χ2v) is 7.74. The van der Waals surface area contributed by atoms with Crippen molar-refractivity contribution in [1.29, 1.82) is 0 Å². The molecule has 0 saturated carbocycles. The minimum Gasteiger partial charge on any atom is -0.278 e. The molecule has 21 heavy (non-hydrogen) atoms. The van der Waals surface area contributed by atoms with E-state index in [2.05, 4.69) is 48.5 Å². The van der Waals surface area contributed by atoms with E-state index in [0.717, 1.165) is 30.7 Å². The Morgan fingerprint density at radius 3 is 2.76 bits per heavy atom. The first-order chi connectivity index (χ1) is 9.97. The fraction of sp³-hybridized carbons (Fsp3) is 0.143. The maximum Gasteiger partial charge on any atom is 0.164 e. The summed E-state index contributed by atoms with van der Waals surface area (Å²) in [7, 11) is 0. The summed E-state index contributed by atoms with van der Waals surface area (Å²) >= 11 is 18.3. The van der Waals surface area contributed by atoms with Gasteiger partial charge in [-0.3, -0.25) is 4.57 Å². The highest BCUT2D eigenvalue weighted by molar-refractivity contribution is 14.1. The van der Waals surface area contributed by atoms with E-state index in [0.29, 0.717) is 5.02 Å². The molecule has 3 aromatic rings. The Balaban J connectivity index is 2.36. The van der Waals surface area contributed by atoms with Crippen molar-refractivity contribution in [2.75, 3.05) is 0 Å². The van der Waals surface area contributed by atoms with Gasteiger partial charge < -0.3 is 0 Å². The van der Waals surface area contributed by atoms with E-state index in [4.69, 9.17) is 23.2 Å². The zero-order valence-corrected chi connectivity index (χ0v) is 16.1. The van der Waals surface area contributed by atoms with Crippen LogP contribution < -0.4 is 0 Å². The number of pyridine rings is 1. The highest BCUT2D eigenvalue weighted by Gasteiger charge is 2.19. The van der Waals surface area contributed by atoms with Crippen LogP contribution in [0.1, 0.15) is 18.1 Å². The van der Waals surface area contributed by atoms with Gasteiger partial charge in [-0.05, 0) is 69.7 Å². The lowest BCUT2D eigenvalue weighted by atomic mass is 10.3. The number of imidazole rings is 1. The first kappa shape index (κ1) is 15.5. The van der Waals surface area contributed by atoms with Crippen molar-refractivity contribution in [1.82, 2.24) is 14.5 Å². The van der Waals surface area contributed by atoms with Gasteiger partial charge in [0.15, 0.2) is 5.65 Å². The number of halogens is 4. The Morgan fingerprint density at radius 1 is 1.33 bits per heavy atom. The summed E-state index contributed by atoms with van der Waals surface area (Å²) in [4.78, 5) is 9.05. The van der Waals surface area contributed by atoms with Crippen molar-refractivity contribution < 1.29 is 0 Å². The van der Waals surface area contributed by atoms with Gasteiger partial charge in [-0.2, -0.15) is 0 Å². The van der Waals surface area contributed by atoms with Crippen LogP contribution in [-0.2, 0) is 0 Å². The SMILES string of the molecule is CC(Cl)c1nc2cc(Br)cnc2n1-c1ccc(I)cc1Cl. The van der Waals surface area contributed by atoms with Gasteiger partial charge in [0.2, 0.25) is 0 Å². The third kappa shape index (κ3) is 2.93. The molecule has 0 radical (unpaired) electrons. The van der Waals surface area contributed by atoms with Crippen LogP contribution in [0.4, 0.5) is 0 Å². The standard InChI is InChI=1S/C14H9BrCl2IN3/c1-7(16)13-20-11-4-8(15)6-19-14(11)21(13)12-3-2-9(18)5-10(12)17/h2-7H,1H3. The topological polar surface area (TPSA) is 30.7 Å². The summed E-state index contributed by atoms with van der Waals surface area (Å²) in [6.45, 7) is 1.88. The molecule has 7 heteroatoms. The Kier molecular flexibility index (Phi) is 4.45. The summed E-state index contributed by atoms with van der Waals surface area (Å²) < 4.78 is 3.86. The van der Waals surface area contributed by atoms with Crippen LogP contribution in [0.15, 0.2) is 34.9 Å². The van der Waals surface area contributed by atoms with Crippen LogP contribution in [-0.4, -0.2) is 14.5 Å². The Labute approximate surface area is 153 Å². The molecule has 1 unspecified atom stereocenters. The van der Waals surface area contributed by atoms with Gasteiger partial charge in [0.1, 0.15) is 11.3 Å². The van der Waals surface area contributed by atoms with Crippen molar-refractivity contribution in [3.8, 4) is 5.69 Å². The van der Waals surface area contributed by atoms with Crippen LogP contribution >= 0.6 is 61.7 Å². The van der Waals surface area contributed by atoms with E-state index in [9.17, 15) is 0 Å². The van der Waals surface area contributed by atoms with Gasteiger partial charge in [0.25, 0.3) is 0 Å². The monoisotopic (exact) mass is 495 g/mol. The molecule has 1 atom stereocenters. The lowest BCUT2D eigenvalue weighted by Crippen LogP contribution is -2.03. The molecule has 0 aliphatic rings. The summed E-state index contributed by atoms with van der Waals surface area (Å²) in [5.74, 6) is 0.723. The van der Waals surface area contributed by atoms with E-state index >= 15 is 0 Å². The molecule has 3 rings (SSSR count). The lowest BCUT2D eigenvalue weighted by molar-refractivity contribution is 0.877. The number of hydrogen-bond donors (Lipinski definition) is 0. The van der Waals surface area contributed by atoms with Gasteiger partial charge >= 0.3 is 0 Å². The van der Waals surface area contributed by atoms with Gasteiger partial charge in [-0.1, -0.05) is 11.6 Å². The van der Waals surface area contributed by atoms with Crippen molar-refractivity contribution in [2.45, 2.75) is 12.3 Å². The minimum atomic E-state index is -0.256. The highest BCUT2D eigenvalue weighted by Crippen LogP contribution is 2.32. The van der Waals surface area contributed by atoms with Gasteiger partial charge in [-0.25, -0.2) is 9.97 Å². The number of hydrogen-bond acceptors (Lipinski definition) is 2. The molecule has 1 aromatic carbocycles. The molecule has 0 amide bonds. The summed E-state index contributed by atoms with van der Waals surface area (Å²) in [6.07, 6.45) is 1.74. The van der Waals surface area contributed by atoms with Crippen molar-refractivity contribution in [2.24, 2.45) is 0 Å². The molecular weight excluding hydrogens is 488 g/mol. The average Bonchev–Trinajstić information content (AvgIpc) is 2.77. The molecule has 0 saturated heterocycles. The third-order valence-electron chi connectivity index (χ3n) is 3.00. The van der Waals surface area contributed by atoms with Gasteiger partial charge in [-0.15, -0.1) is 11.6 Å². The van der Waals surface area contributed by atoms with Crippen LogP contribution in [0.2, 0.25) is 5.02 Å². The second-order valence-electron chi connectivity index (χ2n) is 4.51. The normalized spacial score (nSPS) is 12.8. The zero-order chi connectivity index (χ0) is 15.1. The molecule has 0 fully saturated rings. The minimum absolute atomic E-state index is 0.256. The number of benzene rings is 1. The molecule has 2 aromatic heterocycles. The number of aromatic nitrogens is 3. The molecule has 0 aliphatic heterocycles. The van der Waals surface area contributed by atoms with Crippen molar-refractivity contribution in [3.05, 3.63) is 49.4 Å². The maximum absolute atomic E-state index is 6.40. The fourth-order valence-electron chi connectivity index (χ4n) is 2.12. The largest absolute Gasteiger partial charge is 0.278 e. The molecule has 0 N–H and O–H groups in total. The Bertz CT molecular complexity index is 832. The summed E-state index contributed by atoms with van der Waals surface area (Å²) in [6, 6.07) is 7.78. The fourth-order valence-corrected chi connectivity index (χ4v) is 3.53. The van der Waals surface area contributed by atoms with Crippen LogP contribution in [0.3, 0.4) is 0 Å². The molecule has 108 valence electrons. The quantitative estimate of drug-likeness (QED) is 0.334. The Morgan fingerprint density at radius 2 is 2.10 bits per heavy atom. The van der Waals surface area contributed by atoms with E-state index in [1.807, 2.05) is 35.8 Å². The molecule has 0 aliphatic carbocycles. The van der Waals surface area contributed by atoms with E-state index in [1.165, 1.54) is 0 Å². The molecular formula is C14H9BrCl2IN3. The van der Waals surface area contributed by atoms with E-state index in [-0.39, 0.29) is 5.38 Å². The first-order valence-corrected chi connectivity index (χ1v) is 8.79. The summed E-state index contributed by atoms with van der Waals surface area (Å²) in [5, 5.41) is 0.387. The molecule has 0 bridgehead atoms. The van der Waals surface area contributed by atoms with Gasteiger partial charge in [0, 0.05) is 14.2 Å².